The molecule has 67 valence electrons. The fraction of sp³-hybridized carbons (Fsp3) is 0.273. The third-order valence-corrected chi connectivity index (χ3v) is 2.13. The van der Waals surface area contributed by atoms with Crippen molar-refractivity contribution < 1.29 is 4.79 Å². The number of nitrogens with one attached hydrogen (secondary N) is 1. The normalized spacial score (nSPS) is 15.5. The van der Waals surface area contributed by atoms with Crippen molar-refractivity contribution in [1.82, 2.24) is 5.32 Å². The monoisotopic (exact) mass is 174 g/mol. The molecule has 1 aromatic rings. The first-order valence-electron chi connectivity index (χ1n) is 4.48. The van der Waals surface area contributed by atoms with Crippen molar-refractivity contribution in [2.45, 2.75) is 18.9 Å². The Bertz CT molecular complexity index is 311. The van der Waals surface area contributed by atoms with Crippen molar-refractivity contribution in [2.24, 2.45) is 0 Å². The Labute approximate surface area is 78.0 Å². The van der Waals surface area contributed by atoms with Gasteiger partial charge in [0.15, 0.2) is 0 Å². The molecule has 0 saturated heterocycles. The van der Waals surface area contributed by atoms with Gasteiger partial charge in [-0.05, 0) is 37.5 Å². The van der Waals surface area contributed by atoms with Crippen LogP contribution in [0.25, 0.3) is 0 Å². The van der Waals surface area contributed by atoms with Gasteiger partial charge in [0.25, 0.3) is 5.91 Å². The molecule has 0 bridgehead atoms. The Morgan fingerprint density at radius 2 is 1.92 bits per heavy atom. The summed E-state index contributed by atoms with van der Waals surface area (Å²) in [5.41, 5.74) is 1.65. The Morgan fingerprint density at radius 1 is 1.31 bits per heavy atom. The summed E-state index contributed by atoms with van der Waals surface area (Å²) in [6.07, 6.45) is 2.25. The summed E-state index contributed by atoms with van der Waals surface area (Å²) in [6, 6.07) is 7.73. The van der Waals surface area contributed by atoms with E-state index in [2.05, 4.69) is 12.2 Å². The van der Waals surface area contributed by atoms with Gasteiger partial charge in [0.1, 0.15) is 0 Å². The fourth-order valence-electron chi connectivity index (χ4n) is 1.15. The lowest BCUT2D eigenvalue weighted by Gasteiger charge is -2.02. The molecule has 1 aliphatic carbocycles. The molecule has 2 rings (SSSR count). The zero-order valence-corrected chi connectivity index (χ0v) is 7.42. The van der Waals surface area contributed by atoms with Crippen LogP contribution < -0.4 is 5.32 Å². The van der Waals surface area contributed by atoms with Crippen molar-refractivity contribution in [3.05, 3.63) is 42.3 Å². The zero-order valence-electron chi connectivity index (χ0n) is 7.42. The second kappa shape index (κ2) is 3.21. The van der Waals surface area contributed by atoms with Gasteiger partial charge in [-0.1, -0.05) is 12.1 Å². The minimum absolute atomic E-state index is 0.0301. The van der Waals surface area contributed by atoms with Crippen LogP contribution >= 0.6 is 0 Å². The van der Waals surface area contributed by atoms with E-state index in [1.165, 1.54) is 0 Å². The topological polar surface area (TPSA) is 29.1 Å². The summed E-state index contributed by atoms with van der Waals surface area (Å²) in [6.45, 7) is 3.76. The lowest BCUT2D eigenvalue weighted by Crippen LogP contribution is -2.25. The predicted molar refractivity (Wildman–Crippen MR) is 51.4 cm³/mol. The Hall–Kier alpha value is -1.31. The molecule has 2 heteroatoms. The average molecular weight is 174 g/mol. The highest BCUT2D eigenvalue weighted by Crippen LogP contribution is 2.19. The van der Waals surface area contributed by atoms with Crippen molar-refractivity contribution >= 4 is 5.91 Å². The molecule has 2 nitrogen and oxygen atoms in total. The first-order valence-corrected chi connectivity index (χ1v) is 4.48. The molecule has 13 heavy (non-hydrogen) atoms. The van der Waals surface area contributed by atoms with E-state index in [-0.39, 0.29) is 5.91 Å². The maximum atomic E-state index is 11.5. The van der Waals surface area contributed by atoms with E-state index < -0.39 is 0 Å². The number of carbonyl (C=O) groups excluding carboxylic acids is 1. The zero-order chi connectivity index (χ0) is 9.26. The molecule has 1 amide bonds. The molecule has 1 fully saturated rings. The van der Waals surface area contributed by atoms with Gasteiger partial charge in [-0.25, -0.2) is 0 Å². The summed E-state index contributed by atoms with van der Waals surface area (Å²) >= 11 is 0. The smallest absolute Gasteiger partial charge is 0.251 e. The molecule has 0 unspecified atom stereocenters. The van der Waals surface area contributed by atoms with Crippen LogP contribution in [0.15, 0.2) is 24.3 Å². The number of carbonyl (C=O) groups is 1. The lowest BCUT2D eigenvalue weighted by molar-refractivity contribution is 0.0951. The molecule has 0 spiro atoms. The van der Waals surface area contributed by atoms with E-state index in [1.807, 2.05) is 12.1 Å². The SMILES string of the molecule is [CH2]c1ccc(C(=O)NC2CC2)cc1. The highest BCUT2D eigenvalue weighted by atomic mass is 16.1. The Balaban J connectivity index is 2.05. The standard InChI is InChI=1S/C11H12NO/c1-8-2-4-9(5-3-8)11(13)12-10-6-7-10/h2-5,10H,1,6-7H2,(H,12,13). The number of hydrogen-bond donors (Lipinski definition) is 1. The fourth-order valence-corrected chi connectivity index (χ4v) is 1.15. The average Bonchev–Trinajstić information content (AvgIpc) is 2.89. The molecule has 1 N–H and O–H groups in total. The predicted octanol–water partition coefficient (Wildman–Crippen LogP) is 1.76. The van der Waals surface area contributed by atoms with E-state index in [0.29, 0.717) is 6.04 Å². The van der Waals surface area contributed by atoms with Gasteiger partial charge >= 0.3 is 0 Å². The van der Waals surface area contributed by atoms with Gasteiger partial charge in [-0.2, -0.15) is 0 Å². The molecule has 1 aromatic carbocycles. The van der Waals surface area contributed by atoms with Gasteiger partial charge in [0.2, 0.25) is 0 Å². The van der Waals surface area contributed by atoms with Gasteiger partial charge in [0.05, 0.1) is 0 Å². The van der Waals surface area contributed by atoms with Crippen molar-refractivity contribution in [1.29, 1.82) is 0 Å². The summed E-state index contributed by atoms with van der Waals surface area (Å²) in [5, 5.41) is 2.93. The molecule has 1 radical (unpaired) electrons. The highest BCUT2D eigenvalue weighted by molar-refractivity contribution is 5.94. The summed E-state index contributed by atoms with van der Waals surface area (Å²) in [5.74, 6) is 0.0301. The number of benzene rings is 1. The van der Waals surface area contributed by atoms with Crippen LogP contribution in [0.4, 0.5) is 0 Å². The molecular formula is C11H12NO. The van der Waals surface area contributed by atoms with Gasteiger partial charge in [0, 0.05) is 11.6 Å². The summed E-state index contributed by atoms with van der Waals surface area (Å²) in [4.78, 5) is 11.5. The van der Waals surface area contributed by atoms with E-state index in [4.69, 9.17) is 0 Å². The van der Waals surface area contributed by atoms with Crippen LogP contribution in [-0.2, 0) is 0 Å². The third-order valence-electron chi connectivity index (χ3n) is 2.13. The summed E-state index contributed by atoms with van der Waals surface area (Å²) < 4.78 is 0. The van der Waals surface area contributed by atoms with E-state index in [1.54, 1.807) is 12.1 Å². The molecule has 0 heterocycles. The first-order chi connectivity index (χ1) is 6.25. The van der Waals surface area contributed by atoms with Crippen LogP contribution in [0.5, 0.6) is 0 Å². The largest absolute Gasteiger partial charge is 0.349 e. The number of amides is 1. The maximum Gasteiger partial charge on any atom is 0.251 e. The second-order valence-corrected chi connectivity index (χ2v) is 3.44. The van der Waals surface area contributed by atoms with Crippen LogP contribution in [0.2, 0.25) is 0 Å². The van der Waals surface area contributed by atoms with E-state index in [0.717, 1.165) is 24.0 Å². The molecule has 0 aromatic heterocycles. The van der Waals surface area contributed by atoms with Crippen molar-refractivity contribution in [3.8, 4) is 0 Å². The number of hydrogen-bond acceptors (Lipinski definition) is 1. The van der Waals surface area contributed by atoms with Gasteiger partial charge in [-0.3, -0.25) is 4.79 Å². The summed E-state index contributed by atoms with van der Waals surface area (Å²) in [7, 11) is 0. The van der Waals surface area contributed by atoms with E-state index >= 15 is 0 Å². The Kier molecular flexibility index (Phi) is 2.05. The Morgan fingerprint density at radius 3 is 2.46 bits per heavy atom. The minimum Gasteiger partial charge on any atom is -0.349 e. The lowest BCUT2D eigenvalue weighted by atomic mass is 10.1. The maximum absolute atomic E-state index is 11.5. The van der Waals surface area contributed by atoms with E-state index in [9.17, 15) is 4.79 Å². The minimum atomic E-state index is 0.0301. The van der Waals surface area contributed by atoms with Crippen LogP contribution in [0.3, 0.4) is 0 Å². The van der Waals surface area contributed by atoms with Gasteiger partial charge < -0.3 is 5.32 Å². The molecule has 1 aliphatic rings. The number of rotatable bonds is 2. The second-order valence-electron chi connectivity index (χ2n) is 3.44. The van der Waals surface area contributed by atoms with Crippen molar-refractivity contribution in [2.75, 3.05) is 0 Å². The van der Waals surface area contributed by atoms with Crippen LogP contribution in [-0.4, -0.2) is 11.9 Å². The van der Waals surface area contributed by atoms with Gasteiger partial charge in [-0.15, -0.1) is 0 Å². The molecule has 0 aliphatic heterocycles. The third kappa shape index (κ3) is 2.08. The van der Waals surface area contributed by atoms with Crippen molar-refractivity contribution in [3.63, 3.8) is 0 Å². The quantitative estimate of drug-likeness (QED) is 0.727. The molecular weight excluding hydrogens is 162 g/mol. The van der Waals surface area contributed by atoms with Crippen LogP contribution in [0.1, 0.15) is 28.8 Å². The highest BCUT2D eigenvalue weighted by Gasteiger charge is 2.23. The first kappa shape index (κ1) is 8.30. The molecule has 1 saturated carbocycles. The molecule has 0 atom stereocenters. The van der Waals surface area contributed by atoms with Crippen LogP contribution in [0, 0.1) is 6.92 Å².